The number of aliphatic carboxylic acids is 1. The van der Waals surface area contributed by atoms with Crippen LogP contribution >= 0.6 is 11.6 Å². The molecular weight excluding hydrogens is 392 g/mol. The molecule has 2 aromatic carbocycles. The van der Waals surface area contributed by atoms with Crippen molar-refractivity contribution in [2.45, 2.75) is 17.7 Å². The van der Waals surface area contributed by atoms with Gasteiger partial charge in [0.2, 0.25) is 10.0 Å². The first kappa shape index (κ1) is 20.9. The Morgan fingerprint density at radius 1 is 1.15 bits per heavy atom. The van der Waals surface area contributed by atoms with E-state index >= 15 is 0 Å². The summed E-state index contributed by atoms with van der Waals surface area (Å²) in [6.07, 6.45) is 0.453. The maximum Gasteiger partial charge on any atom is 0.303 e. The molecule has 0 aliphatic heterocycles. The zero-order chi connectivity index (χ0) is 19.9. The van der Waals surface area contributed by atoms with Gasteiger partial charge in [-0.25, -0.2) is 13.1 Å². The normalized spacial score (nSPS) is 12.0. The van der Waals surface area contributed by atoms with Crippen molar-refractivity contribution in [2.75, 3.05) is 13.7 Å². The Balaban J connectivity index is 2.10. The van der Waals surface area contributed by atoms with E-state index in [2.05, 4.69) is 9.88 Å². The number of benzene rings is 2. The van der Waals surface area contributed by atoms with Crippen LogP contribution in [-0.4, -0.2) is 38.9 Å². The molecule has 0 unspecified atom stereocenters. The lowest BCUT2D eigenvalue weighted by Gasteiger charge is -2.10. The summed E-state index contributed by atoms with van der Waals surface area (Å²) in [7, 11) is -2.37. The van der Waals surface area contributed by atoms with E-state index in [9.17, 15) is 13.2 Å². The average Bonchev–Trinajstić information content (AvgIpc) is 2.64. The van der Waals surface area contributed by atoms with Gasteiger partial charge in [0.1, 0.15) is 12.8 Å². The molecule has 0 aliphatic carbocycles. The van der Waals surface area contributed by atoms with Crippen molar-refractivity contribution in [3.63, 3.8) is 0 Å². The predicted molar refractivity (Wildman–Crippen MR) is 103 cm³/mol. The minimum atomic E-state index is -3.74. The molecule has 0 bridgehead atoms. The summed E-state index contributed by atoms with van der Waals surface area (Å²) in [6, 6.07) is 12.8. The second kappa shape index (κ2) is 9.50. The van der Waals surface area contributed by atoms with Gasteiger partial charge in [-0.1, -0.05) is 41.0 Å². The lowest BCUT2D eigenvalue weighted by Crippen LogP contribution is -2.30. The predicted octanol–water partition coefficient (Wildman–Crippen LogP) is 2.69. The molecule has 7 nitrogen and oxygen atoms in total. The van der Waals surface area contributed by atoms with Crippen LogP contribution in [0.5, 0.6) is 0 Å². The number of carbonyl (C=O) groups is 1. The zero-order valence-electron chi connectivity index (χ0n) is 14.6. The highest BCUT2D eigenvalue weighted by atomic mass is 35.5. The number of halogens is 1. The van der Waals surface area contributed by atoms with Crippen LogP contribution in [0.15, 0.2) is 58.6 Å². The number of carboxylic acid groups (broad SMARTS) is 1. The van der Waals surface area contributed by atoms with Crippen molar-refractivity contribution >= 4 is 33.3 Å². The van der Waals surface area contributed by atoms with Gasteiger partial charge in [-0.3, -0.25) is 4.79 Å². The molecule has 0 heterocycles. The zero-order valence-corrected chi connectivity index (χ0v) is 16.1. The van der Waals surface area contributed by atoms with E-state index in [1.807, 2.05) is 0 Å². The highest BCUT2D eigenvalue weighted by Gasteiger charge is 2.16. The molecule has 27 heavy (non-hydrogen) atoms. The molecule has 144 valence electrons. The second-order valence-corrected chi connectivity index (χ2v) is 7.79. The molecule has 0 spiro atoms. The molecule has 2 N–H and O–H groups in total. The Hall–Kier alpha value is -2.42. The fraction of sp³-hybridized carbons (Fsp3) is 0.222. The number of hydrogen-bond acceptors (Lipinski definition) is 5. The standard InChI is InChI=1S/C18H19ClN2O5S/c1-26-21-17(14-5-2-13(3-6-14)4-11-18(22)23)12-20-27(24,25)16-9-7-15(19)8-10-16/h2-3,5-10,20H,4,11-12H2,1H3,(H,22,23). The Morgan fingerprint density at radius 2 is 1.78 bits per heavy atom. The van der Waals surface area contributed by atoms with Gasteiger partial charge in [0, 0.05) is 17.0 Å². The number of rotatable bonds is 9. The van der Waals surface area contributed by atoms with E-state index in [4.69, 9.17) is 21.5 Å². The molecule has 0 saturated heterocycles. The van der Waals surface area contributed by atoms with Crippen LogP contribution < -0.4 is 4.72 Å². The molecule has 2 rings (SSSR count). The summed E-state index contributed by atoms with van der Waals surface area (Å²) in [5, 5.41) is 13.1. The third-order valence-electron chi connectivity index (χ3n) is 3.67. The Bertz CT molecular complexity index is 910. The monoisotopic (exact) mass is 410 g/mol. The van der Waals surface area contributed by atoms with Crippen molar-refractivity contribution in [2.24, 2.45) is 5.16 Å². The van der Waals surface area contributed by atoms with Crippen LogP contribution in [0.1, 0.15) is 17.5 Å². The minimum absolute atomic E-state index is 0.0409. The number of aryl methyl sites for hydroxylation is 1. The maximum absolute atomic E-state index is 12.4. The van der Waals surface area contributed by atoms with Gasteiger partial charge in [-0.15, -0.1) is 0 Å². The van der Waals surface area contributed by atoms with Crippen molar-refractivity contribution in [3.05, 3.63) is 64.7 Å². The van der Waals surface area contributed by atoms with E-state index in [1.54, 1.807) is 24.3 Å². The molecule has 0 aliphatic rings. The van der Waals surface area contributed by atoms with E-state index in [1.165, 1.54) is 31.4 Å². The Morgan fingerprint density at radius 3 is 2.33 bits per heavy atom. The fourth-order valence-electron chi connectivity index (χ4n) is 2.27. The van der Waals surface area contributed by atoms with Crippen LogP contribution in [0.25, 0.3) is 0 Å². The first-order valence-corrected chi connectivity index (χ1v) is 9.84. The van der Waals surface area contributed by atoms with Crippen LogP contribution in [0, 0.1) is 0 Å². The van der Waals surface area contributed by atoms with Crippen molar-refractivity contribution in [1.82, 2.24) is 4.72 Å². The van der Waals surface area contributed by atoms with E-state index in [0.29, 0.717) is 22.7 Å². The Kier molecular flexibility index (Phi) is 7.35. The first-order valence-electron chi connectivity index (χ1n) is 7.98. The number of sulfonamides is 1. The van der Waals surface area contributed by atoms with Gasteiger partial charge in [-0.2, -0.15) is 0 Å². The lowest BCUT2D eigenvalue weighted by atomic mass is 10.0. The SMILES string of the molecule is CON=C(CNS(=O)(=O)c1ccc(Cl)cc1)c1ccc(CCC(=O)O)cc1. The van der Waals surface area contributed by atoms with Crippen LogP contribution in [0.3, 0.4) is 0 Å². The van der Waals surface area contributed by atoms with Crippen LogP contribution in [-0.2, 0) is 26.1 Å². The number of hydrogen-bond donors (Lipinski definition) is 2. The van der Waals surface area contributed by atoms with Crippen LogP contribution in [0.4, 0.5) is 0 Å². The smallest absolute Gasteiger partial charge is 0.303 e. The number of oxime groups is 1. The van der Waals surface area contributed by atoms with Gasteiger partial charge in [0.05, 0.1) is 11.4 Å². The third kappa shape index (κ3) is 6.35. The van der Waals surface area contributed by atoms with Crippen LogP contribution in [0.2, 0.25) is 5.02 Å². The van der Waals surface area contributed by atoms with E-state index in [-0.39, 0.29) is 17.9 Å². The molecule has 9 heteroatoms. The topological polar surface area (TPSA) is 105 Å². The second-order valence-electron chi connectivity index (χ2n) is 5.59. The summed E-state index contributed by atoms with van der Waals surface area (Å²) in [6.45, 7) is -0.0761. The fourth-order valence-corrected chi connectivity index (χ4v) is 3.39. The van der Waals surface area contributed by atoms with Gasteiger partial charge in [0.15, 0.2) is 0 Å². The molecule has 2 aromatic rings. The van der Waals surface area contributed by atoms with Gasteiger partial charge in [0.25, 0.3) is 0 Å². The third-order valence-corrected chi connectivity index (χ3v) is 5.34. The maximum atomic E-state index is 12.4. The quantitative estimate of drug-likeness (QED) is 0.488. The van der Waals surface area contributed by atoms with Crippen molar-refractivity contribution in [1.29, 1.82) is 0 Å². The molecule has 0 amide bonds. The molecule has 0 aromatic heterocycles. The first-order chi connectivity index (χ1) is 12.8. The minimum Gasteiger partial charge on any atom is -0.481 e. The molecule has 0 atom stereocenters. The summed E-state index contributed by atoms with van der Waals surface area (Å²) in [4.78, 5) is 15.5. The molecule has 0 fully saturated rings. The van der Waals surface area contributed by atoms with E-state index in [0.717, 1.165) is 5.56 Å². The largest absolute Gasteiger partial charge is 0.481 e. The highest BCUT2D eigenvalue weighted by Crippen LogP contribution is 2.14. The van der Waals surface area contributed by atoms with Crippen molar-refractivity contribution in [3.8, 4) is 0 Å². The number of nitrogens with zero attached hydrogens (tertiary/aromatic N) is 1. The summed E-state index contributed by atoms with van der Waals surface area (Å²) in [5.74, 6) is -0.864. The molecule has 0 radical (unpaired) electrons. The van der Waals surface area contributed by atoms with Gasteiger partial charge >= 0.3 is 5.97 Å². The number of nitrogens with one attached hydrogen (secondary N) is 1. The summed E-state index contributed by atoms with van der Waals surface area (Å²) < 4.78 is 27.2. The Labute approximate surface area is 162 Å². The molecule has 0 saturated carbocycles. The summed E-state index contributed by atoms with van der Waals surface area (Å²) >= 11 is 5.78. The number of carboxylic acids is 1. The summed E-state index contributed by atoms with van der Waals surface area (Å²) in [5.41, 5.74) is 1.91. The highest BCUT2D eigenvalue weighted by molar-refractivity contribution is 7.89. The lowest BCUT2D eigenvalue weighted by molar-refractivity contribution is -0.136. The van der Waals surface area contributed by atoms with E-state index < -0.39 is 16.0 Å². The van der Waals surface area contributed by atoms with Gasteiger partial charge in [-0.05, 0) is 36.2 Å². The average molecular weight is 411 g/mol. The molecular formula is C18H19ClN2O5S. The van der Waals surface area contributed by atoms with Gasteiger partial charge < -0.3 is 9.94 Å². The van der Waals surface area contributed by atoms with Crippen molar-refractivity contribution < 1.29 is 23.2 Å².